The van der Waals surface area contributed by atoms with Gasteiger partial charge in [-0.3, -0.25) is 4.79 Å². The highest BCUT2D eigenvalue weighted by Gasteiger charge is 2.24. The molecular weight excluding hydrogens is 423 g/mol. The normalized spacial score (nSPS) is 11.6. The topological polar surface area (TPSA) is 66.5 Å². The fourth-order valence-electron chi connectivity index (χ4n) is 2.51. The molecule has 2 aromatic carbocycles. The fourth-order valence-corrected chi connectivity index (χ4v) is 4.89. The molecule has 5 nitrogen and oxygen atoms in total. The predicted octanol–water partition coefficient (Wildman–Crippen LogP) is 4.03. The van der Waals surface area contributed by atoms with E-state index in [2.05, 4.69) is 5.32 Å². The van der Waals surface area contributed by atoms with E-state index in [-0.39, 0.29) is 10.5 Å². The maximum absolute atomic E-state index is 14.1. The van der Waals surface area contributed by atoms with E-state index in [4.69, 9.17) is 11.6 Å². The Bertz CT molecular complexity index is 917. The van der Waals surface area contributed by atoms with Crippen LogP contribution in [0.2, 0.25) is 5.02 Å². The first kappa shape index (κ1) is 22.7. The van der Waals surface area contributed by atoms with Crippen LogP contribution in [0.1, 0.15) is 24.2 Å². The van der Waals surface area contributed by atoms with Gasteiger partial charge in [0.25, 0.3) is 5.91 Å². The van der Waals surface area contributed by atoms with Crippen molar-refractivity contribution in [2.75, 3.05) is 25.4 Å². The standard InChI is InChI=1S/C19H22ClFN2O3S2/c1-3-23(4-2)28(25,26)16-9-10-18(21)17(13-16)19(24)22-11-12-27-15-7-5-14(20)6-8-15/h5-10,13H,3-4,11-12H2,1-2H3,(H,22,24). The zero-order valence-corrected chi connectivity index (χ0v) is 18.0. The summed E-state index contributed by atoms with van der Waals surface area (Å²) < 4.78 is 40.5. The molecule has 0 aromatic heterocycles. The molecule has 0 bridgehead atoms. The number of rotatable bonds is 9. The number of amides is 1. The van der Waals surface area contributed by atoms with Gasteiger partial charge in [-0.15, -0.1) is 11.8 Å². The molecule has 1 N–H and O–H groups in total. The largest absolute Gasteiger partial charge is 0.351 e. The van der Waals surface area contributed by atoms with Crippen LogP contribution in [0.25, 0.3) is 0 Å². The van der Waals surface area contributed by atoms with E-state index < -0.39 is 21.7 Å². The third-order valence-corrected chi connectivity index (χ3v) is 7.31. The number of thioether (sulfide) groups is 1. The number of nitrogens with zero attached hydrogens (tertiary/aromatic N) is 1. The minimum Gasteiger partial charge on any atom is -0.351 e. The summed E-state index contributed by atoms with van der Waals surface area (Å²) in [7, 11) is -3.77. The molecule has 0 aliphatic heterocycles. The smallest absolute Gasteiger partial charge is 0.254 e. The molecule has 0 atom stereocenters. The summed E-state index contributed by atoms with van der Waals surface area (Å²) in [6.45, 7) is 4.32. The van der Waals surface area contributed by atoms with Crippen LogP contribution in [0.4, 0.5) is 4.39 Å². The van der Waals surface area contributed by atoms with Crippen LogP contribution < -0.4 is 5.32 Å². The van der Waals surface area contributed by atoms with Gasteiger partial charge in [-0.05, 0) is 42.5 Å². The Morgan fingerprint density at radius 2 is 1.79 bits per heavy atom. The van der Waals surface area contributed by atoms with E-state index in [0.29, 0.717) is 30.4 Å². The molecule has 0 saturated heterocycles. The van der Waals surface area contributed by atoms with E-state index in [1.807, 2.05) is 12.1 Å². The van der Waals surface area contributed by atoms with Crippen molar-refractivity contribution in [2.45, 2.75) is 23.6 Å². The lowest BCUT2D eigenvalue weighted by Gasteiger charge is -2.19. The van der Waals surface area contributed by atoms with Gasteiger partial charge in [0.2, 0.25) is 10.0 Å². The fraction of sp³-hybridized carbons (Fsp3) is 0.316. The first-order valence-electron chi connectivity index (χ1n) is 8.75. The number of carbonyl (C=O) groups is 1. The molecule has 0 saturated carbocycles. The minimum absolute atomic E-state index is 0.0988. The monoisotopic (exact) mass is 444 g/mol. The van der Waals surface area contributed by atoms with Gasteiger partial charge < -0.3 is 5.32 Å². The molecule has 2 rings (SSSR count). The van der Waals surface area contributed by atoms with Crippen LogP contribution in [0, 0.1) is 5.82 Å². The van der Waals surface area contributed by atoms with Gasteiger partial charge in [-0.1, -0.05) is 25.4 Å². The van der Waals surface area contributed by atoms with Crippen molar-refractivity contribution < 1.29 is 17.6 Å². The van der Waals surface area contributed by atoms with Crippen molar-refractivity contribution in [3.8, 4) is 0 Å². The van der Waals surface area contributed by atoms with Crippen molar-refractivity contribution >= 4 is 39.3 Å². The van der Waals surface area contributed by atoms with Gasteiger partial charge in [-0.2, -0.15) is 4.31 Å². The number of nitrogens with one attached hydrogen (secondary N) is 1. The van der Waals surface area contributed by atoms with Crippen LogP contribution in [-0.2, 0) is 10.0 Å². The van der Waals surface area contributed by atoms with E-state index in [9.17, 15) is 17.6 Å². The molecule has 0 radical (unpaired) electrons. The maximum Gasteiger partial charge on any atom is 0.254 e. The third kappa shape index (κ3) is 5.70. The molecule has 28 heavy (non-hydrogen) atoms. The van der Waals surface area contributed by atoms with Gasteiger partial charge in [0.15, 0.2) is 0 Å². The molecule has 152 valence electrons. The number of carbonyl (C=O) groups excluding carboxylic acids is 1. The number of benzene rings is 2. The van der Waals surface area contributed by atoms with Crippen molar-refractivity contribution in [3.63, 3.8) is 0 Å². The summed E-state index contributed by atoms with van der Waals surface area (Å²) in [5, 5.41) is 3.27. The van der Waals surface area contributed by atoms with Crippen LogP contribution in [0.5, 0.6) is 0 Å². The van der Waals surface area contributed by atoms with Crippen LogP contribution in [0.3, 0.4) is 0 Å². The predicted molar refractivity (Wildman–Crippen MR) is 111 cm³/mol. The molecule has 2 aromatic rings. The number of sulfonamides is 1. The summed E-state index contributed by atoms with van der Waals surface area (Å²) >= 11 is 7.35. The second kappa shape index (κ2) is 10.2. The molecule has 0 unspecified atom stereocenters. The van der Waals surface area contributed by atoms with Crippen LogP contribution in [-0.4, -0.2) is 44.0 Å². The SMILES string of the molecule is CCN(CC)S(=O)(=O)c1ccc(F)c(C(=O)NCCSc2ccc(Cl)cc2)c1. The quantitative estimate of drug-likeness (QED) is 0.468. The molecule has 0 spiro atoms. The van der Waals surface area contributed by atoms with E-state index in [1.54, 1.807) is 26.0 Å². The van der Waals surface area contributed by atoms with Crippen molar-refractivity contribution in [2.24, 2.45) is 0 Å². The van der Waals surface area contributed by atoms with Crippen LogP contribution in [0.15, 0.2) is 52.3 Å². The second-order valence-corrected chi connectivity index (χ2v) is 9.33. The second-order valence-electron chi connectivity index (χ2n) is 5.79. The highest BCUT2D eigenvalue weighted by atomic mass is 35.5. The highest BCUT2D eigenvalue weighted by molar-refractivity contribution is 7.99. The Kier molecular flexibility index (Phi) is 8.30. The lowest BCUT2D eigenvalue weighted by Crippen LogP contribution is -2.31. The molecule has 0 aliphatic rings. The Morgan fingerprint density at radius 1 is 1.14 bits per heavy atom. The first-order valence-corrected chi connectivity index (χ1v) is 11.6. The Labute approximate surface area is 174 Å². The van der Waals surface area contributed by atoms with Gasteiger partial charge in [0, 0.05) is 35.3 Å². The van der Waals surface area contributed by atoms with Crippen LogP contribution >= 0.6 is 23.4 Å². The Hall–Kier alpha value is -1.61. The molecule has 0 aliphatic carbocycles. The van der Waals surface area contributed by atoms with Crippen molar-refractivity contribution in [1.82, 2.24) is 9.62 Å². The van der Waals surface area contributed by atoms with E-state index in [1.165, 1.54) is 22.1 Å². The van der Waals surface area contributed by atoms with Crippen molar-refractivity contribution in [3.05, 3.63) is 58.9 Å². The summed E-state index contributed by atoms with van der Waals surface area (Å²) in [4.78, 5) is 13.2. The lowest BCUT2D eigenvalue weighted by molar-refractivity contribution is 0.0952. The lowest BCUT2D eigenvalue weighted by atomic mass is 10.2. The summed E-state index contributed by atoms with van der Waals surface area (Å²) in [5.74, 6) is -0.834. The van der Waals surface area contributed by atoms with Gasteiger partial charge in [0.1, 0.15) is 5.82 Å². The molecule has 1 amide bonds. The van der Waals surface area contributed by atoms with E-state index in [0.717, 1.165) is 17.0 Å². The first-order chi connectivity index (χ1) is 13.3. The maximum atomic E-state index is 14.1. The number of halogens is 2. The zero-order chi connectivity index (χ0) is 20.7. The molecule has 9 heteroatoms. The Morgan fingerprint density at radius 3 is 2.39 bits per heavy atom. The highest BCUT2D eigenvalue weighted by Crippen LogP contribution is 2.21. The minimum atomic E-state index is -3.77. The number of hydrogen-bond acceptors (Lipinski definition) is 4. The average molecular weight is 445 g/mol. The Balaban J connectivity index is 2.03. The van der Waals surface area contributed by atoms with E-state index >= 15 is 0 Å². The molecular formula is C19H22ClFN2O3S2. The summed E-state index contributed by atoms with van der Waals surface area (Å²) in [6.07, 6.45) is 0. The summed E-state index contributed by atoms with van der Waals surface area (Å²) in [6, 6.07) is 10.6. The average Bonchev–Trinajstić information content (AvgIpc) is 2.67. The van der Waals surface area contributed by atoms with Crippen molar-refractivity contribution in [1.29, 1.82) is 0 Å². The summed E-state index contributed by atoms with van der Waals surface area (Å²) in [5.41, 5.74) is -0.287. The van der Waals surface area contributed by atoms with Gasteiger partial charge >= 0.3 is 0 Å². The van der Waals surface area contributed by atoms with Gasteiger partial charge in [0.05, 0.1) is 10.5 Å². The molecule has 0 fully saturated rings. The number of hydrogen-bond donors (Lipinski definition) is 1. The van der Waals surface area contributed by atoms with Gasteiger partial charge in [-0.25, -0.2) is 12.8 Å². The zero-order valence-electron chi connectivity index (χ0n) is 15.6. The molecule has 0 heterocycles. The third-order valence-electron chi connectivity index (χ3n) is 4.00.